The first-order valence-electron chi connectivity index (χ1n) is 13.5. The Kier molecular flexibility index (Phi) is 7.92. The van der Waals surface area contributed by atoms with Gasteiger partial charge in [-0.05, 0) is 12.8 Å². The van der Waals surface area contributed by atoms with Crippen molar-refractivity contribution in [3.05, 3.63) is 12.4 Å². The molecule has 3 aromatic rings. The predicted molar refractivity (Wildman–Crippen MR) is 143 cm³/mol. The second-order valence-corrected chi connectivity index (χ2v) is 9.93. The number of rotatable bonds is 7. The van der Waals surface area contributed by atoms with E-state index in [9.17, 15) is 18.0 Å². The van der Waals surface area contributed by atoms with Gasteiger partial charge in [-0.25, -0.2) is 24.9 Å². The van der Waals surface area contributed by atoms with Gasteiger partial charge in [-0.3, -0.25) is 9.36 Å². The molecule has 1 atom stereocenters. The molecule has 0 spiro atoms. The Balaban J connectivity index is 1.64. The Labute approximate surface area is 229 Å². The zero-order valence-corrected chi connectivity index (χ0v) is 22.6. The standard InChI is InChI=1S/C25H33F3N10O2/c1-3-5-18(39)37-7-6-36(14-17(37)4-2)24-32-19-21(35-8-10-40-11-9-35)33-20(16-12-30-23(29)31-13-16)34-22(19)38(24)15-25(26,27)28/h12-13,17H,3-11,14-15H2,1-2H3,(H2,29,30,31)/t17-/m0/s1. The van der Waals surface area contributed by atoms with Crippen LogP contribution in [0.15, 0.2) is 12.4 Å². The van der Waals surface area contributed by atoms with Gasteiger partial charge in [-0.1, -0.05) is 13.8 Å². The number of imidazole rings is 1. The van der Waals surface area contributed by atoms with Gasteiger partial charge in [0.1, 0.15) is 6.54 Å². The summed E-state index contributed by atoms with van der Waals surface area (Å²) in [4.78, 5) is 40.3. The summed E-state index contributed by atoms with van der Waals surface area (Å²) in [5.41, 5.74) is 6.39. The van der Waals surface area contributed by atoms with Crippen molar-refractivity contribution in [1.82, 2.24) is 34.4 Å². The van der Waals surface area contributed by atoms with Crippen LogP contribution in [-0.4, -0.2) is 98.4 Å². The van der Waals surface area contributed by atoms with E-state index in [4.69, 9.17) is 20.4 Å². The second-order valence-electron chi connectivity index (χ2n) is 9.93. The highest BCUT2D eigenvalue weighted by Gasteiger charge is 2.36. The Hall–Kier alpha value is -3.75. The van der Waals surface area contributed by atoms with Crippen molar-refractivity contribution >= 4 is 34.8 Å². The van der Waals surface area contributed by atoms with Crippen LogP contribution in [0.5, 0.6) is 0 Å². The molecular formula is C25H33F3N10O2. The third kappa shape index (κ3) is 5.74. The van der Waals surface area contributed by atoms with E-state index >= 15 is 0 Å². The zero-order chi connectivity index (χ0) is 28.4. The van der Waals surface area contributed by atoms with Gasteiger partial charge < -0.3 is 25.2 Å². The molecular weight excluding hydrogens is 529 g/mol. The average molecular weight is 563 g/mol. The molecule has 1 amide bonds. The molecule has 2 fully saturated rings. The second kappa shape index (κ2) is 11.4. The molecule has 2 aliphatic heterocycles. The normalized spacial score (nSPS) is 18.5. The molecule has 3 aromatic heterocycles. The Morgan fingerprint density at radius 2 is 1.77 bits per heavy atom. The van der Waals surface area contributed by atoms with Crippen LogP contribution in [0.2, 0.25) is 0 Å². The lowest BCUT2D eigenvalue weighted by atomic mass is 10.1. The first kappa shape index (κ1) is 27.8. The number of nitrogens with zero attached hydrogens (tertiary/aromatic N) is 9. The van der Waals surface area contributed by atoms with Gasteiger partial charge in [0, 0.05) is 57.6 Å². The van der Waals surface area contributed by atoms with Gasteiger partial charge in [-0.15, -0.1) is 0 Å². The monoisotopic (exact) mass is 562 g/mol. The summed E-state index contributed by atoms with van der Waals surface area (Å²) >= 11 is 0. The first-order chi connectivity index (χ1) is 19.2. The SMILES string of the molecule is CCCC(=O)N1CCN(c2nc3c(N4CCOCC4)nc(-c4cnc(N)nc4)nc3n2CC(F)(F)F)C[C@@H]1CC. The number of hydrogen-bond acceptors (Lipinski definition) is 10. The molecule has 0 aromatic carbocycles. The van der Waals surface area contributed by atoms with Crippen molar-refractivity contribution in [1.29, 1.82) is 0 Å². The van der Waals surface area contributed by atoms with Gasteiger partial charge >= 0.3 is 6.18 Å². The number of nitrogen functional groups attached to an aromatic ring is 1. The quantitative estimate of drug-likeness (QED) is 0.458. The van der Waals surface area contributed by atoms with E-state index in [1.165, 1.54) is 12.4 Å². The van der Waals surface area contributed by atoms with Crippen molar-refractivity contribution < 1.29 is 22.7 Å². The van der Waals surface area contributed by atoms with Crippen LogP contribution < -0.4 is 15.5 Å². The molecule has 2 aliphatic rings. The van der Waals surface area contributed by atoms with Gasteiger partial charge in [0.05, 0.1) is 18.8 Å². The maximum absolute atomic E-state index is 14.0. The number of carbonyl (C=O) groups is 1. The lowest BCUT2D eigenvalue weighted by molar-refractivity contribution is -0.139. The minimum Gasteiger partial charge on any atom is -0.378 e. The molecule has 5 heterocycles. The molecule has 2 N–H and O–H groups in total. The van der Waals surface area contributed by atoms with E-state index in [-0.39, 0.29) is 40.8 Å². The van der Waals surface area contributed by atoms with Crippen LogP contribution in [-0.2, 0) is 16.1 Å². The number of aromatic nitrogens is 6. The Morgan fingerprint density at radius 1 is 1.05 bits per heavy atom. The summed E-state index contributed by atoms with van der Waals surface area (Å²) < 4.78 is 48.6. The Morgan fingerprint density at radius 3 is 2.42 bits per heavy atom. The topological polar surface area (TPSA) is 131 Å². The summed E-state index contributed by atoms with van der Waals surface area (Å²) in [7, 11) is 0. The highest BCUT2D eigenvalue weighted by atomic mass is 19.4. The third-order valence-corrected chi connectivity index (χ3v) is 7.16. The highest BCUT2D eigenvalue weighted by Crippen LogP contribution is 2.34. The molecule has 15 heteroatoms. The molecule has 0 bridgehead atoms. The molecule has 0 saturated carbocycles. The summed E-state index contributed by atoms with van der Waals surface area (Å²) in [5.74, 6) is 0.873. The first-order valence-corrected chi connectivity index (χ1v) is 13.5. The Bertz CT molecular complexity index is 1340. The summed E-state index contributed by atoms with van der Waals surface area (Å²) in [6.07, 6.45) is 0.207. The van der Waals surface area contributed by atoms with Crippen LogP contribution in [0.1, 0.15) is 33.1 Å². The molecule has 0 unspecified atom stereocenters. The maximum Gasteiger partial charge on any atom is 0.406 e. The minimum absolute atomic E-state index is 0.0599. The molecule has 12 nitrogen and oxygen atoms in total. The van der Waals surface area contributed by atoms with E-state index in [1.54, 1.807) is 0 Å². The van der Waals surface area contributed by atoms with Crippen LogP contribution in [0, 0.1) is 0 Å². The minimum atomic E-state index is -4.53. The number of ether oxygens (including phenoxy) is 1. The van der Waals surface area contributed by atoms with Crippen molar-refractivity contribution in [2.45, 2.75) is 51.9 Å². The molecule has 0 aliphatic carbocycles. The predicted octanol–water partition coefficient (Wildman–Crippen LogP) is 2.49. The highest BCUT2D eigenvalue weighted by molar-refractivity contribution is 5.88. The number of amides is 1. The maximum atomic E-state index is 14.0. The van der Waals surface area contributed by atoms with Gasteiger partial charge in [-0.2, -0.15) is 13.2 Å². The van der Waals surface area contributed by atoms with Gasteiger partial charge in [0.15, 0.2) is 22.8 Å². The third-order valence-electron chi connectivity index (χ3n) is 7.16. The molecule has 40 heavy (non-hydrogen) atoms. The molecule has 216 valence electrons. The number of piperazine rings is 1. The van der Waals surface area contributed by atoms with E-state index in [1.807, 2.05) is 28.5 Å². The number of anilines is 3. The van der Waals surface area contributed by atoms with Crippen LogP contribution >= 0.6 is 0 Å². The number of alkyl halides is 3. The summed E-state index contributed by atoms with van der Waals surface area (Å²) in [5, 5.41) is 0. The van der Waals surface area contributed by atoms with E-state index in [2.05, 4.69) is 15.0 Å². The summed E-state index contributed by atoms with van der Waals surface area (Å²) in [6, 6.07) is -0.140. The van der Waals surface area contributed by atoms with Crippen molar-refractivity contribution in [3.8, 4) is 11.4 Å². The number of fused-ring (bicyclic) bond motifs is 1. The smallest absolute Gasteiger partial charge is 0.378 e. The van der Waals surface area contributed by atoms with Gasteiger partial charge in [0.2, 0.25) is 17.8 Å². The lowest BCUT2D eigenvalue weighted by Crippen LogP contribution is -2.55. The fourth-order valence-electron chi connectivity index (χ4n) is 5.19. The van der Waals surface area contributed by atoms with Crippen LogP contribution in [0.3, 0.4) is 0 Å². The zero-order valence-electron chi connectivity index (χ0n) is 22.6. The van der Waals surface area contributed by atoms with Crippen LogP contribution in [0.4, 0.5) is 30.9 Å². The fraction of sp³-hybridized carbons (Fsp3) is 0.600. The number of hydrogen-bond donors (Lipinski definition) is 1. The number of halogens is 3. The van der Waals surface area contributed by atoms with E-state index < -0.39 is 12.7 Å². The van der Waals surface area contributed by atoms with Crippen molar-refractivity contribution in [2.75, 3.05) is 61.5 Å². The number of morpholine rings is 1. The van der Waals surface area contributed by atoms with Crippen molar-refractivity contribution in [3.63, 3.8) is 0 Å². The molecule has 2 saturated heterocycles. The largest absolute Gasteiger partial charge is 0.406 e. The van der Waals surface area contributed by atoms with Crippen molar-refractivity contribution in [2.24, 2.45) is 0 Å². The summed E-state index contributed by atoms with van der Waals surface area (Å²) in [6.45, 7) is 5.68. The number of carbonyl (C=O) groups excluding carboxylic acids is 1. The molecule has 5 rings (SSSR count). The van der Waals surface area contributed by atoms with E-state index in [0.717, 1.165) is 11.0 Å². The van der Waals surface area contributed by atoms with Crippen LogP contribution in [0.25, 0.3) is 22.6 Å². The number of nitrogens with two attached hydrogens (primary N) is 1. The van der Waals surface area contributed by atoms with E-state index in [0.29, 0.717) is 70.2 Å². The fourth-order valence-corrected chi connectivity index (χ4v) is 5.19. The van der Waals surface area contributed by atoms with Gasteiger partial charge in [0.25, 0.3) is 0 Å². The molecule has 0 radical (unpaired) electrons. The lowest BCUT2D eigenvalue weighted by Gasteiger charge is -2.41. The average Bonchev–Trinajstić information content (AvgIpc) is 3.30.